The molecule has 0 atom stereocenters. The van der Waals surface area contributed by atoms with E-state index < -0.39 is 5.92 Å². The van der Waals surface area contributed by atoms with Gasteiger partial charge in [-0.2, -0.15) is 0 Å². The standard InChI is InChI=1S/C27H29N3O3/c1-19(2)25(31)30-23-15-13-22(14-16-23)26(32)28-17-18-29-27(33)24(20-9-5-3-6-10-20)21-11-7-4-8-12-21/h3-16,19,24H,17-18H2,1-2H3,(H,28,32)(H,29,33)(H,30,31). The number of benzene rings is 3. The minimum absolute atomic E-state index is 0.0766. The summed E-state index contributed by atoms with van der Waals surface area (Å²) in [5.74, 6) is -0.976. The van der Waals surface area contributed by atoms with Gasteiger partial charge in [0.05, 0.1) is 5.92 Å². The Morgan fingerprint density at radius 1 is 0.667 bits per heavy atom. The van der Waals surface area contributed by atoms with Crippen LogP contribution in [0.5, 0.6) is 0 Å². The monoisotopic (exact) mass is 443 g/mol. The molecule has 170 valence electrons. The largest absolute Gasteiger partial charge is 0.354 e. The van der Waals surface area contributed by atoms with Crippen LogP contribution in [0.1, 0.15) is 41.3 Å². The number of carbonyl (C=O) groups is 3. The second-order valence-electron chi connectivity index (χ2n) is 8.02. The lowest BCUT2D eigenvalue weighted by molar-refractivity contribution is -0.121. The summed E-state index contributed by atoms with van der Waals surface area (Å²) >= 11 is 0. The van der Waals surface area contributed by atoms with Crippen LogP contribution in [-0.4, -0.2) is 30.8 Å². The van der Waals surface area contributed by atoms with E-state index >= 15 is 0 Å². The number of amides is 3. The van der Waals surface area contributed by atoms with Gasteiger partial charge in [-0.1, -0.05) is 74.5 Å². The highest BCUT2D eigenvalue weighted by atomic mass is 16.2. The van der Waals surface area contributed by atoms with Crippen molar-refractivity contribution in [2.75, 3.05) is 18.4 Å². The Morgan fingerprint density at radius 3 is 1.70 bits per heavy atom. The summed E-state index contributed by atoms with van der Waals surface area (Å²) in [5, 5.41) is 8.53. The van der Waals surface area contributed by atoms with E-state index in [1.54, 1.807) is 24.3 Å². The van der Waals surface area contributed by atoms with Crippen molar-refractivity contribution in [3.8, 4) is 0 Å². The van der Waals surface area contributed by atoms with Crippen molar-refractivity contribution < 1.29 is 14.4 Å². The molecular formula is C27H29N3O3. The second-order valence-corrected chi connectivity index (χ2v) is 8.02. The molecule has 0 unspecified atom stereocenters. The first kappa shape index (κ1) is 23.7. The molecule has 3 aromatic carbocycles. The summed E-state index contributed by atoms with van der Waals surface area (Å²) < 4.78 is 0. The lowest BCUT2D eigenvalue weighted by Crippen LogP contribution is -2.37. The maximum atomic E-state index is 13.0. The van der Waals surface area contributed by atoms with Gasteiger partial charge in [0.1, 0.15) is 0 Å². The van der Waals surface area contributed by atoms with Crippen LogP contribution in [0.25, 0.3) is 0 Å². The van der Waals surface area contributed by atoms with Crippen molar-refractivity contribution in [1.82, 2.24) is 10.6 Å². The van der Waals surface area contributed by atoms with Crippen LogP contribution in [0, 0.1) is 5.92 Å². The fourth-order valence-corrected chi connectivity index (χ4v) is 3.34. The molecule has 3 rings (SSSR count). The van der Waals surface area contributed by atoms with Gasteiger partial charge in [-0.15, -0.1) is 0 Å². The number of nitrogens with one attached hydrogen (secondary N) is 3. The number of hydrogen-bond donors (Lipinski definition) is 3. The van der Waals surface area contributed by atoms with Crippen molar-refractivity contribution >= 4 is 23.4 Å². The molecule has 0 bridgehead atoms. The average molecular weight is 444 g/mol. The lowest BCUT2D eigenvalue weighted by atomic mass is 9.90. The molecule has 0 aliphatic carbocycles. The molecule has 0 saturated heterocycles. The zero-order valence-corrected chi connectivity index (χ0v) is 18.9. The molecule has 3 N–H and O–H groups in total. The molecule has 3 aromatic rings. The smallest absolute Gasteiger partial charge is 0.251 e. The number of anilines is 1. The van der Waals surface area contributed by atoms with Crippen molar-refractivity contribution in [1.29, 1.82) is 0 Å². The van der Waals surface area contributed by atoms with Crippen LogP contribution in [-0.2, 0) is 9.59 Å². The van der Waals surface area contributed by atoms with E-state index in [1.165, 1.54) is 0 Å². The molecule has 33 heavy (non-hydrogen) atoms. The van der Waals surface area contributed by atoms with Crippen LogP contribution in [0.2, 0.25) is 0 Å². The predicted octanol–water partition coefficient (Wildman–Crippen LogP) is 3.96. The third kappa shape index (κ3) is 6.77. The molecule has 0 spiro atoms. The summed E-state index contributed by atoms with van der Waals surface area (Å²) in [6.45, 7) is 4.24. The SMILES string of the molecule is CC(C)C(=O)Nc1ccc(C(=O)NCCNC(=O)C(c2ccccc2)c2ccccc2)cc1. The summed E-state index contributed by atoms with van der Waals surface area (Å²) in [6, 6.07) is 26.0. The third-order valence-electron chi connectivity index (χ3n) is 5.18. The van der Waals surface area contributed by atoms with E-state index in [0.29, 0.717) is 24.3 Å². The summed E-state index contributed by atoms with van der Waals surface area (Å²) in [7, 11) is 0. The summed E-state index contributed by atoms with van der Waals surface area (Å²) in [6.07, 6.45) is 0. The van der Waals surface area contributed by atoms with Crippen molar-refractivity contribution in [2.24, 2.45) is 5.92 Å². The van der Waals surface area contributed by atoms with Gasteiger partial charge in [0.2, 0.25) is 11.8 Å². The Morgan fingerprint density at radius 2 is 1.18 bits per heavy atom. The lowest BCUT2D eigenvalue weighted by Gasteiger charge is -2.18. The van der Waals surface area contributed by atoms with Gasteiger partial charge in [0, 0.05) is 30.3 Å². The molecule has 0 fully saturated rings. The normalized spacial score (nSPS) is 10.7. The van der Waals surface area contributed by atoms with E-state index in [1.807, 2.05) is 74.5 Å². The number of carbonyl (C=O) groups excluding carboxylic acids is 3. The number of rotatable bonds is 9. The van der Waals surface area contributed by atoms with Gasteiger partial charge >= 0.3 is 0 Å². The third-order valence-corrected chi connectivity index (χ3v) is 5.18. The van der Waals surface area contributed by atoms with E-state index in [-0.39, 0.29) is 23.6 Å². The summed E-state index contributed by atoms with van der Waals surface area (Å²) in [5.41, 5.74) is 2.95. The van der Waals surface area contributed by atoms with Crippen LogP contribution in [0.15, 0.2) is 84.9 Å². The Bertz CT molecular complexity index is 1030. The molecule has 0 heterocycles. The first-order valence-corrected chi connectivity index (χ1v) is 11.0. The Labute approximate surface area is 194 Å². The molecule has 0 aromatic heterocycles. The van der Waals surface area contributed by atoms with Gasteiger partial charge < -0.3 is 16.0 Å². The molecule has 6 nitrogen and oxygen atoms in total. The maximum Gasteiger partial charge on any atom is 0.251 e. The van der Waals surface area contributed by atoms with Crippen LogP contribution < -0.4 is 16.0 Å². The highest BCUT2D eigenvalue weighted by molar-refractivity contribution is 5.96. The number of hydrogen-bond acceptors (Lipinski definition) is 3. The molecule has 0 radical (unpaired) electrons. The quantitative estimate of drug-likeness (QED) is 0.438. The van der Waals surface area contributed by atoms with Gasteiger partial charge in [0.15, 0.2) is 0 Å². The second kappa shape index (κ2) is 11.6. The van der Waals surface area contributed by atoms with Crippen LogP contribution in [0.3, 0.4) is 0 Å². The first-order valence-electron chi connectivity index (χ1n) is 11.0. The average Bonchev–Trinajstić information content (AvgIpc) is 2.83. The van der Waals surface area contributed by atoms with Gasteiger partial charge in [0.25, 0.3) is 5.91 Å². The van der Waals surface area contributed by atoms with E-state index in [4.69, 9.17) is 0 Å². The molecule has 0 aliphatic heterocycles. The minimum atomic E-state index is -0.420. The van der Waals surface area contributed by atoms with E-state index in [2.05, 4.69) is 16.0 Å². The van der Waals surface area contributed by atoms with Crippen molar-refractivity contribution in [2.45, 2.75) is 19.8 Å². The van der Waals surface area contributed by atoms with Gasteiger partial charge in [-0.25, -0.2) is 0 Å². The molecule has 0 aliphatic rings. The fourth-order valence-electron chi connectivity index (χ4n) is 3.34. The highest BCUT2D eigenvalue weighted by Gasteiger charge is 2.22. The maximum absolute atomic E-state index is 13.0. The van der Waals surface area contributed by atoms with Crippen LogP contribution in [0.4, 0.5) is 5.69 Å². The highest BCUT2D eigenvalue weighted by Crippen LogP contribution is 2.24. The van der Waals surface area contributed by atoms with Crippen molar-refractivity contribution in [3.63, 3.8) is 0 Å². The van der Waals surface area contributed by atoms with Gasteiger partial charge in [-0.3, -0.25) is 14.4 Å². The zero-order chi connectivity index (χ0) is 23.6. The van der Waals surface area contributed by atoms with Gasteiger partial charge in [-0.05, 0) is 35.4 Å². The Kier molecular flexibility index (Phi) is 8.36. The zero-order valence-electron chi connectivity index (χ0n) is 18.9. The molecule has 3 amide bonds. The Balaban J connectivity index is 1.52. The summed E-state index contributed by atoms with van der Waals surface area (Å²) in [4.78, 5) is 37.1. The Hall–Kier alpha value is -3.93. The topological polar surface area (TPSA) is 87.3 Å². The first-order chi connectivity index (χ1) is 16.0. The van der Waals surface area contributed by atoms with E-state index in [0.717, 1.165) is 11.1 Å². The molecular weight excluding hydrogens is 414 g/mol. The fraction of sp³-hybridized carbons (Fsp3) is 0.222. The van der Waals surface area contributed by atoms with E-state index in [9.17, 15) is 14.4 Å². The molecule has 0 saturated carbocycles. The van der Waals surface area contributed by atoms with Crippen LogP contribution >= 0.6 is 0 Å². The van der Waals surface area contributed by atoms with Crippen molar-refractivity contribution in [3.05, 3.63) is 102 Å². The minimum Gasteiger partial charge on any atom is -0.354 e. The molecule has 6 heteroatoms. The predicted molar refractivity (Wildman–Crippen MR) is 130 cm³/mol.